The van der Waals surface area contributed by atoms with Gasteiger partial charge < -0.3 is 10.6 Å². The highest BCUT2D eigenvalue weighted by atomic mass is 16.1. The lowest BCUT2D eigenvalue weighted by molar-refractivity contribution is -0.115. The van der Waals surface area contributed by atoms with E-state index >= 15 is 0 Å². The molecule has 0 saturated carbocycles. The molecule has 0 saturated heterocycles. The van der Waals surface area contributed by atoms with Gasteiger partial charge in [0.2, 0.25) is 5.91 Å². The van der Waals surface area contributed by atoms with Crippen LogP contribution in [-0.4, -0.2) is 22.4 Å². The summed E-state index contributed by atoms with van der Waals surface area (Å²) in [6, 6.07) is 13.8. The first-order chi connectivity index (χ1) is 11.6. The van der Waals surface area contributed by atoms with E-state index in [9.17, 15) is 4.79 Å². The van der Waals surface area contributed by atoms with E-state index in [0.29, 0.717) is 13.0 Å². The Morgan fingerprint density at radius 3 is 2.75 bits per heavy atom. The molecule has 0 aliphatic carbocycles. The van der Waals surface area contributed by atoms with Crippen LogP contribution in [0.4, 0.5) is 11.5 Å². The number of para-hydroxylation sites is 1. The first kappa shape index (κ1) is 15.9. The minimum absolute atomic E-state index is 0.0205. The number of anilines is 2. The second kappa shape index (κ2) is 7.08. The highest BCUT2D eigenvalue weighted by molar-refractivity contribution is 5.92. The van der Waals surface area contributed by atoms with Crippen molar-refractivity contribution in [2.75, 3.05) is 17.2 Å². The fraction of sp³-hybridized carbons (Fsp3) is 0.211. The van der Waals surface area contributed by atoms with E-state index in [-0.39, 0.29) is 5.91 Å². The lowest BCUT2D eigenvalue weighted by Crippen LogP contribution is -2.17. The first-order valence-corrected chi connectivity index (χ1v) is 7.94. The van der Waals surface area contributed by atoms with Crippen molar-refractivity contribution < 1.29 is 4.79 Å². The molecule has 0 aliphatic rings. The van der Waals surface area contributed by atoms with Crippen molar-refractivity contribution in [2.45, 2.75) is 20.3 Å². The number of benzene rings is 2. The van der Waals surface area contributed by atoms with Gasteiger partial charge in [0.1, 0.15) is 12.1 Å². The van der Waals surface area contributed by atoms with E-state index < -0.39 is 0 Å². The lowest BCUT2D eigenvalue weighted by atomic mass is 10.1. The van der Waals surface area contributed by atoms with Gasteiger partial charge in [0, 0.05) is 24.0 Å². The van der Waals surface area contributed by atoms with E-state index in [4.69, 9.17) is 0 Å². The number of hydrogen-bond donors (Lipinski definition) is 2. The summed E-state index contributed by atoms with van der Waals surface area (Å²) < 4.78 is 0. The van der Waals surface area contributed by atoms with Crippen LogP contribution >= 0.6 is 0 Å². The Bertz CT molecular complexity index is 871. The average molecular weight is 320 g/mol. The highest BCUT2D eigenvalue weighted by Gasteiger charge is 2.06. The zero-order valence-corrected chi connectivity index (χ0v) is 13.8. The van der Waals surface area contributed by atoms with Crippen LogP contribution in [0.2, 0.25) is 0 Å². The minimum Gasteiger partial charge on any atom is -0.369 e. The molecule has 2 aromatic carbocycles. The van der Waals surface area contributed by atoms with Crippen molar-refractivity contribution in [1.82, 2.24) is 9.97 Å². The molecular weight excluding hydrogens is 300 g/mol. The fourth-order valence-corrected chi connectivity index (χ4v) is 2.61. The van der Waals surface area contributed by atoms with Gasteiger partial charge in [-0.3, -0.25) is 4.79 Å². The second-order valence-corrected chi connectivity index (χ2v) is 5.78. The van der Waals surface area contributed by atoms with Crippen LogP contribution in [0.5, 0.6) is 0 Å². The number of nitrogens with one attached hydrogen (secondary N) is 2. The number of carbonyl (C=O) groups is 1. The molecule has 5 heteroatoms. The zero-order valence-electron chi connectivity index (χ0n) is 13.8. The number of hydrogen-bond acceptors (Lipinski definition) is 4. The van der Waals surface area contributed by atoms with Gasteiger partial charge in [-0.05, 0) is 37.6 Å². The molecule has 0 radical (unpaired) electrons. The van der Waals surface area contributed by atoms with E-state index in [1.807, 2.05) is 50.2 Å². The van der Waals surface area contributed by atoms with Gasteiger partial charge >= 0.3 is 0 Å². The van der Waals surface area contributed by atoms with Crippen LogP contribution < -0.4 is 10.6 Å². The number of nitrogens with zero attached hydrogens (tertiary/aromatic N) is 2. The van der Waals surface area contributed by atoms with Gasteiger partial charge in [-0.2, -0.15) is 0 Å². The molecule has 0 fully saturated rings. The summed E-state index contributed by atoms with van der Waals surface area (Å²) in [5.74, 6) is 0.729. The lowest BCUT2D eigenvalue weighted by Gasteiger charge is -2.10. The fourth-order valence-electron chi connectivity index (χ4n) is 2.61. The van der Waals surface area contributed by atoms with Crippen LogP contribution in [0.25, 0.3) is 10.9 Å². The van der Waals surface area contributed by atoms with Crippen molar-refractivity contribution in [3.8, 4) is 0 Å². The van der Waals surface area contributed by atoms with Crippen LogP contribution in [-0.2, 0) is 4.79 Å². The molecular formula is C19H20N4O. The second-order valence-electron chi connectivity index (χ2n) is 5.78. The van der Waals surface area contributed by atoms with E-state index in [1.54, 1.807) is 0 Å². The predicted octanol–water partition coefficient (Wildman–Crippen LogP) is 3.69. The van der Waals surface area contributed by atoms with Crippen LogP contribution in [0, 0.1) is 13.8 Å². The Hall–Kier alpha value is -2.95. The number of amides is 1. The third-order valence-electron chi connectivity index (χ3n) is 3.84. The van der Waals surface area contributed by atoms with Crippen molar-refractivity contribution in [3.05, 3.63) is 59.9 Å². The number of fused-ring (bicyclic) bond motifs is 1. The monoisotopic (exact) mass is 320 g/mol. The predicted molar refractivity (Wildman–Crippen MR) is 97.2 cm³/mol. The van der Waals surface area contributed by atoms with Crippen LogP contribution in [0.1, 0.15) is 17.5 Å². The molecule has 2 N–H and O–H groups in total. The first-order valence-electron chi connectivity index (χ1n) is 7.94. The summed E-state index contributed by atoms with van der Waals surface area (Å²) in [6.45, 7) is 4.54. The molecule has 122 valence electrons. The van der Waals surface area contributed by atoms with Crippen LogP contribution in [0.15, 0.2) is 48.8 Å². The Balaban J connectivity index is 1.58. The van der Waals surface area contributed by atoms with Gasteiger partial charge in [-0.1, -0.05) is 29.8 Å². The topological polar surface area (TPSA) is 66.9 Å². The average Bonchev–Trinajstić information content (AvgIpc) is 2.58. The maximum Gasteiger partial charge on any atom is 0.226 e. The molecule has 0 aliphatic heterocycles. The summed E-state index contributed by atoms with van der Waals surface area (Å²) >= 11 is 0. The molecule has 24 heavy (non-hydrogen) atoms. The van der Waals surface area contributed by atoms with Gasteiger partial charge in [-0.25, -0.2) is 9.97 Å². The summed E-state index contributed by atoms with van der Waals surface area (Å²) in [4.78, 5) is 20.6. The van der Waals surface area contributed by atoms with Crippen LogP contribution in [0.3, 0.4) is 0 Å². The third kappa shape index (κ3) is 3.68. The molecule has 1 heterocycles. The molecule has 3 aromatic rings. The molecule has 5 nitrogen and oxygen atoms in total. The Morgan fingerprint density at radius 1 is 1.08 bits per heavy atom. The quantitative estimate of drug-likeness (QED) is 0.752. The zero-order chi connectivity index (χ0) is 16.9. The maximum absolute atomic E-state index is 12.1. The number of carbonyl (C=O) groups excluding carboxylic acids is 1. The summed E-state index contributed by atoms with van der Waals surface area (Å²) in [6.07, 6.45) is 1.89. The van der Waals surface area contributed by atoms with Gasteiger partial charge in [0.15, 0.2) is 0 Å². The standard InChI is InChI=1S/C19H20N4O/c1-13-7-8-16(14(2)11-13)23-18(24)9-10-20-19-15-5-3-4-6-17(15)21-12-22-19/h3-8,11-12H,9-10H2,1-2H3,(H,23,24)(H,20,21,22). The Kier molecular flexibility index (Phi) is 4.70. The largest absolute Gasteiger partial charge is 0.369 e. The molecule has 1 amide bonds. The van der Waals surface area contributed by atoms with E-state index in [0.717, 1.165) is 28.0 Å². The van der Waals surface area contributed by atoms with Gasteiger partial charge in [0.05, 0.1) is 5.52 Å². The maximum atomic E-state index is 12.1. The molecule has 1 aromatic heterocycles. The summed E-state index contributed by atoms with van der Waals surface area (Å²) in [7, 11) is 0. The van der Waals surface area contributed by atoms with Crippen molar-refractivity contribution in [1.29, 1.82) is 0 Å². The molecule has 0 spiro atoms. The summed E-state index contributed by atoms with van der Waals surface area (Å²) in [5, 5.41) is 7.12. The SMILES string of the molecule is Cc1ccc(NC(=O)CCNc2ncnc3ccccc23)c(C)c1. The van der Waals surface area contributed by atoms with Crippen molar-refractivity contribution >= 4 is 28.3 Å². The van der Waals surface area contributed by atoms with Crippen molar-refractivity contribution in [2.24, 2.45) is 0 Å². The van der Waals surface area contributed by atoms with Gasteiger partial charge in [0.25, 0.3) is 0 Å². The number of rotatable bonds is 5. The molecule has 0 bridgehead atoms. The normalized spacial score (nSPS) is 10.6. The molecule has 0 atom stereocenters. The Labute approximate surface area is 141 Å². The van der Waals surface area contributed by atoms with E-state index in [1.165, 1.54) is 11.9 Å². The minimum atomic E-state index is -0.0205. The van der Waals surface area contributed by atoms with Gasteiger partial charge in [-0.15, -0.1) is 0 Å². The highest BCUT2D eigenvalue weighted by Crippen LogP contribution is 2.18. The number of aromatic nitrogens is 2. The summed E-state index contributed by atoms with van der Waals surface area (Å²) in [5.41, 5.74) is 3.99. The molecule has 0 unspecified atom stereocenters. The number of aryl methyl sites for hydroxylation is 2. The third-order valence-corrected chi connectivity index (χ3v) is 3.84. The Morgan fingerprint density at radius 2 is 1.92 bits per heavy atom. The van der Waals surface area contributed by atoms with E-state index in [2.05, 4.69) is 26.7 Å². The van der Waals surface area contributed by atoms with Crippen molar-refractivity contribution in [3.63, 3.8) is 0 Å². The smallest absolute Gasteiger partial charge is 0.226 e. The molecule has 3 rings (SSSR count).